The highest BCUT2D eigenvalue weighted by atomic mass is 16.2. The van der Waals surface area contributed by atoms with E-state index in [-0.39, 0.29) is 17.9 Å². The van der Waals surface area contributed by atoms with Crippen LogP contribution in [0.1, 0.15) is 60.9 Å². The van der Waals surface area contributed by atoms with Gasteiger partial charge >= 0.3 is 0 Å². The van der Waals surface area contributed by atoms with Gasteiger partial charge in [-0.3, -0.25) is 9.59 Å². The van der Waals surface area contributed by atoms with Crippen LogP contribution < -0.4 is 10.6 Å². The largest absolute Gasteiger partial charge is 0.349 e. The maximum absolute atomic E-state index is 12.5. The Morgan fingerprint density at radius 3 is 2.48 bits per heavy atom. The molecule has 0 aromatic heterocycles. The highest BCUT2D eigenvalue weighted by molar-refractivity contribution is 5.97. The average molecular weight is 364 g/mol. The Kier molecular flexibility index (Phi) is 7.03. The molecule has 27 heavy (non-hydrogen) atoms. The zero-order chi connectivity index (χ0) is 18.9. The number of nitrogens with one attached hydrogen (secondary N) is 2. The molecular weight excluding hydrogens is 336 g/mol. The lowest BCUT2D eigenvalue weighted by Gasteiger charge is -2.22. The Hall–Kier alpha value is -2.62. The topological polar surface area (TPSA) is 58.2 Å². The summed E-state index contributed by atoms with van der Waals surface area (Å²) in [4.78, 5) is 24.6. The van der Waals surface area contributed by atoms with Crippen molar-refractivity contribution < 1.29 is 9.59 Å². The first-order chi connectivity index (χ1) is 13.2. The van der Waals surface area contributed by atoms with E-state index in [1.54, 1.807) is 12.1 Å². The molecule has 1 aliphatic rings. The number of anilines is 1. The van der Waals surface area contributed by atoms with E-state index in [0.717, 1.165) is 25.7 Å². The third-order valence-electron chi connectivity index (χ3n) is 5.06. The van der Waals surface area contributed by atoms with Crippen LogP contribution in [0.15, 0.2) is 54.6 Å². The molecule has 2 aromatic rings. The van der Waals surface area contributed by atoms with Gasteiger partial charge in [-0.05, 0) is 49.4 Å². The van der Waals surface area contributed by atoms with Crippen molar-refractivity contribution in [1.29, 1.82) is 0 Å². The molecule has 2 amide bonds. The molecule has 0 radical (unpaired) electrons. The molecule has 0 spiro atoms. The Morgan fingerprint density at radius 2 is 1.70 bits per heavy atom. The van der Waals surface area contributed by atoms with E-state index < -0.39 is 0 Å². The summed E-state index contributed by atoms with van der Waals surface area (Å²) in [7, 11) is 0. The van der Waals surface area contributed by atoms with Gasteiger partial charge in [-0.25, -0.2) is 0 Å². The monoisotopic (exact) mass is 364 g/mol. The van der Waals surface area contributed by atoms with E-state index >= 15 is 0 Å². The molecule has 3 rings (SSSR count). The van der Waals surface area contributed by atoms with Crippen LogP contribution in [-0.4, -0.2) is 17.9 Å². The van der Waals surface area contributed by atoms with E-state index in [2.05, 4.69) is 22.8 Å². The van der Waals surface area contributed by atoms with Gasteiger partial charge in [-0.1, -0.05) is 55.7 Å². The van der Waals surface area contributed by atoms with Crippen LogP contribution in [0.25, 0.3) is 0 Å². The number of benzene rings is 2. The van der Waals surface area contributed by atoms with Gasteiger partial charge in [0.1, 0.15) is 0 Å². The van der Waals surface area contributed by atoms with Crippen molar-refractivity contribution in [2.45, 2.75) is 57.4 Å². The number of carbonyl (C=O) groups is 2. The van der Waals surface area contributed by atoms with Crippen molar-refractivity contribution in [3.63, 3.8) is 0 Å². The first-order valence-corrected chi connectivity index (χ1v) is 9.95. The van der Waals surface area contributed by atoms with Crippen molar-refractivity contribution in [2.24, 2.45) is 0 Å². The first-order valence-electron chi connectivity index (χ1n) is 9.95. The second-order valence-electron chi connectivity index (χ2n) is 7.28. The van der Waals surface area contributed by atoms with Crippen LogP contribution in [0.2, 0.25) is 0 Å². The quantitative estimate of drug-likeness (QED) is 0.747. The zero-order valence-electron chi connectivity index (χ0n) is 15.7. The smallest absolute Gasteiger partial charge is 0.251 e. The number of carbonyl (C=O) groups excluding carboxylic acids is 2. The predicted octanol–water partition coefficient (Wildman–Crippen LogP) is 4.71. The fourth-order valence-electron chi connectivity index (χ4n) is 3.58. The highest BCUT2D eigenvalue weighted by Gasteiger charge is 2.17. The van der Waals surface area contributed by atoms with Crippen LogP contribution in [0.3, 0.4) is 0 Å². The molecule has 1 aliphatic carbocycles. The second-order valence-corrected chi connectivity index (χ2v) is 7.28. The first kappa shape index (κ1) is 19.2. The van der Waals surface area contributed by atoms with Crippen molar-refractivity contribution in [3.05, 3.63) is 65.7 Å². The molecule has 0 aliphatic heterocycles. The molecule has 0 unspecified atom stereocenters. The summed E-state index contributed by atoms with van der Waals surface area (Å²) in [6, 6.07) is 17.6. The lowest BCUT2D eigenvalue weighted by molar-refractivity contribution is -0.116. The summed E-state index contributed by atoms with van der Waals surface area (Å²) in [6.07, 6.45) is 7.91. The lowest BCUT2D eigenvalue weighted by Crippen LogP contribution is -2.36. The van der Waals surface area contributed by atoms with Gasteiger partial charge < -0.3 is 10.6 Å². The fourth-order valence-corrected chi connectivity index (χ4v) is 3.58. The summed E-state index contributed by atoms with van der Waals surface area (Å²) in [5.74, 6) is -0.0714. The van der Waals surface area contributed by atoms with Crippen LogP contribution in [-0.2, 0) is 11.2 Å². The van der Waals surface area contributed by atoms with Crippen LogP contribution in [0.4, 0.5) is 5.69 Å². The molecule has 0 atom stereocenters. The molecule has 2 N–H and O–H groups in total. The minimum Gasteiger partial charge on any atom is -0.349 e. The fraction of sp³-hybridized carbons (Fsp3) is 0.391. The van der Waals surface area contributed by atoms with Gasteiger partial charge in [0.2, 0.25) is 5.91 Å². The number of hydrogen-bond donors (Lipinski definition) is 2. The molecule has 0 bridgehead atoms. The molecule has 1 saturated carbocycles. The average Bonchev–Trinajstić information content (AvgIpc) is 2.70. The Bertz CT molecular complexity index is 752. The number of hydrogen-bond acceptors (Lipinski definition) is 2. The number of rotatable bonds is 7. The Morgan fingerprint density at radius 1 is 0.926 bits per heavy atom. The van der Waals surface area contributed by atoms with Gasteiger partial charge in [-0.15, -0.1) is 0 Å². The molecule has 4 nitrogen and oxygen atoms in total. The van der Waals surface area contributed by atoms with Crippen molar-refractivity contribution in [2.75, 3.05) is 5.32 Å². The molecule has 142 valence electrons. The van der Waals surface area contributed by atoms with E-state index in [0.29, 0.717) is 17.7 Å². The molecule has 1 fully saturated rings. The standard InChI is InChI=1S/C23H28N2O2/c26-22(16-7-11-18-9-3-1-4-10-18)24-21-15-8-12-19(17-21)23(27)25-20-13-5-2-6-14-20/h1,3-4,8-10,12,15,17,20H,2,5-7,11,13-14,16H2,(H,24,26)(H,25,27). The van der Waals surface area contributed by atoms with E-state index in [1.807, 2.05) is 30.3 Å². The number of aryl methyl sites for hydroxylation is 1. The Balaban J connectivity index is 1.47. The van der Waals surface area contributed by atoms with Crippen molar-refractivity contribution in [3.8, 4) is 0 Å². The molecule has 0 heterocycles. The normalized spacial score (nSPS) is 14.5. The van der Waals surface area contributed by atoms with E-state index in [4.69, 9.17) is 0 Å². The van der Waals surface area contributed by atoms with Crippen LogP contribution >= 0.6 is 0 Å². The molecule has 4 heteroatoms. The van der Waals surface area contributed by atoms with Gasteiger partial charge in [0.15, 0.2) is 0 Å². The van der Waals surface area contributed by atoms with Gasteiger partial charge in [0.25, 0.3) is 5.91 Å². The maximum Gasteiger partial charge on any atom is 0.251 e. The summed E-state index contributed by atoms with van der Waals surface area (Å²) in [6.45, 7) is 0. The minimum atomic E-state index is -0.0536. The lowest BCUT2D eigenvalue weighted by atomic mass is 9.95. The van der Waals surface area contributed by atoms with Crippen molar-refractivity contribution >= 4 is 17.5 Å². The molecular formula is C23H28N2O2. The van der Waals surface area contributed by atoms with Crippen LogP contribution in [0.5, 0.6) is 0 Å². The summed E-state index contributed by atoms with van der Waals surface area (Å²) < 4.78 is 0. The minimum absolute atomic E-state index is 0.0178. The predicted molar refractivity (Wildman–Crippen MR) is 109 cm³/mol. The van der Waals surface area contributed by atoms with Gasteiger partial charge in [-0.2, -0.15) is 0 Å². The zero-order valence-corrected chi connectivity index (χ0v) is 15.7. The van der Waals surface area contributed by atoms with Gasteiger partial charge in [0.05, 0.1) is 0 Å². The Labute approximate surface area is 161 Å². The number of amides is 2. The SMILES string of the molecule is O=C(CCCc1ccccc1)Nc1cccc(C(=O)NC2CCCCC2)c1. The van der Waals surface area contributed by atoms with E-state index in [9.17, 15) is 9.59 Å². The van der Waals surface area contributed by atoms with Gasteiger partial charge in [0, 0.05) is 23.7 Å². The highest BCUT2D eigenvalue weighted by Crippen LogP contribution is 2.18. The second kappa shape index (κ2) is 9.91. The molecule has 0 saturated heterocycles. The third-order valence-corrected chi connectivity index (χ3v) is 5.06. The summed E-state index contributed by atoms with van der Waals surface area (Å²) in [5, 5.41) is 6.02. The maximum atomic E-state index is 12.5. The van der Waals surface area contributed by atoms with E-state index in [1.165, 1.54) is 24.8 Å². The molecule has 2 aromatic carbocycles. The summed E-state index contributed by atoms with van der Waals surface area (Å²) >= 11 is 0. The van der Waals surface area contributed by atoms with Crippen LogP contribution in [0, 0.1) is 0 Å². The summed E-state index contributed by atoms with van der Waals surface area (Å²) in [5.41, 5.74) is 2.52. The van der Waals surface area contributed by atoms with Crippen molar-refractivity contribution in [1.82, 2.24) is 5.32 Å². The third kappa shape index (κ3) is 6.24.